The number of benzene rings is 2. The van der Waals surface area contributed by atoms with E-state index in [0.717, 1.165) is 29.3 Å². The fourth-order valence-electron chi connectivity index (χ4n) is 5.54. The average molecular weight is 601 g/mol. The monoisotopic (exact) mass is 599 g/mol. The van der Waals surface area contributed by atoms with Crippen LogP contribution in [-0.2, 0) is 6.54 Å². The van der Waals surface area contributed by atoms with Crippen LogP contribution in [0.3, 0.4) is 0 Å². The van der Waals surface area contributed by atoms with Crippen molar-refractivity contribution >= 4 is 40.0 Å². The Morgan fingerprint density at radius 3 is 1.83 bits per heavy atom. The molecule has 1 N–H and O–H groups in total. The van der Waals surface area contributed by atoms with Crippen molar-refractivity contribution in [2.75, 3.05) is 6.54 Å². The highest BCUT2D eigenvalue weighted by atomic mass is 35.5. The van der Waals surface area contributed by atoms with Gasteiger partial charge in [-0.25, -0.2) is 0 Å². The largest absolute Gasteiger partial charge is 0.351 e. The van der Waals surface area contributed by atoms with Crippen molar-refractivity contribution in [2.24, 2.45) is 0 Å². The highest BCUT2D eigenvalue weighted by Gasteiger charge is 2.17. The Balaban J connectivity index is 1.23. The van der Waals surface area contributed by atoms with Crippen molar-refractivity contribution in [1.82, 2.24) is 15.1 Å². The van der Waals surface area contributed by atoms with Crippen LogP contribution in [0.1, 0.15) is 139 Å². The molecule has 4 nitrogen and oxygen atoms in total. The number of nitrogens with one attached hydrogen (secondary N) is 1. The number of hydrogen-bond acceptors (Lipinski definition) is 2. The van der Waals surface area contributed by atoms with Gasteiger partial charge in [0, 0.05) is 22.0 Å². The van der Waals surface area contributed by atoms with E-state index in [1.165, 1.54) is 103 Å². The molecule has 0 aliphatic rings. The summed E-state index contributed by atoms with van der Waals surface area (Å²) in [7, 11) is 0. The van der Waals surface area contributed by atoms with Gasteiger partial charge in [0.05, 0.1) is 12.1 Å². The third-order valence-corrected chi connectivity index (χ3v) is 8.61. The van der Waals surface area contributed by atoms with Crippen molar-refractivity contribution in [3.63, 3.8) is 0 Å². The first kappa shape index (κ1) is 33.5. The van der Waals surface area contributed by atoms with Gasteiger partial charge in [-0.05, 0) is 30.2 Å². The van der Waals surface area contributed by atoms with E-state index in [1.807, 2.05) is 41.1 Å². The predicted octanol–water partition coefficient (Wildman–Crippen LogP) is 11.2. The van der Waals surface area contributed by atoms with Crippen molar-refractivity contribution in [2.45, 2.75) is 129 Å². The molecule has 0 spiro atoms. The molecule has 1 amide bonds. The summed E-state index contributed by atoms with van der Waals surface area (Å²) in [5, 5.41) is 9.80. The van der Waals surface area contributed by atoms with Crippen LogP contribution < -0.4 is 5.32 Å². The molecule has 0 aliphatic carbocycles. The third-order valence-electron chi connectivity index (χ3n) is 8.02. The van der Waals surface area contributed by atoms with Crippen LogP contribution in [0.4, 0.5) is 0 Å². The Labute approximate surface area is 258 Å². The normalized spacial score (nSPS) is 11.4. The zero-order valence-electron chi connectivity index (χ0n) is 25.2. The highest BCUT2D eigenvalue weighted by molar-refractivity contribution is 6.35. The van der Waals surface area contributed by atoms with Crippen LogP contribution in [0.2, 0.25) is 10.0 Å². The second kappa shape index (κ2) is 20.0. The van der Waals surface area contributed by atoms with Crippen molar-refractivity contribution in [3.05, 3.63) is 63.8 Å². The third kappa shape index (κ3) is 12.4. The summed E-state index contributed by atoms with van der Waals surface area (Å²) < 4.78 is 1.84. The SMILES string of the molecule is CCCCCCCCCCCCCCCCCCCCNC(=O)c1nn(Cc2ccc(Cl)cc2Cl)c2ccccc12. The van der Waals surface area contributed by atoms with Gasteiger partial charge in [0.25, 0.3) is 5.91 Å². The fraction of sp³-hybridized carbons (Fsp3) is 0.600. The molecule has 0 fully saturated rings. The Morgan fingerprint density at radius 2 is 1.27 bits per heavy atom. The predicted molar refractivity (Wildman–Crippen MR) is 176 cm³/mol. The molecule has 41 heavy (non-hydrogen) atoms. The number of hydrogen-bond donors (Lipinski definition) is 1. The molecule has 0 radical (unpaired) electrons. The van der Waals surface area contributed by atoms with Crippen molar-refractivity contribution in [3.8, 4) is 0 Å². The summed E-state index contributed by atoms with van der Waals surface area (Å²) in [6, 6.07) is 13.3. The molecule has 0 unspecified atom stereocenters. The van der Waals surface area contributed by atoms with Crippen LogP contribution in [-0.4, -0.2) is 22.2 Å². The van der Waals surface area contributed by atoms with E-state index in [1.54, 1.807) is 6.07 Å². The zero-order chi connectivity index (χ0) is 29.1. The maximum atomic E-state index is 13.0. The Hall–Kier alpha value is -2.04. The van der Waals surface area contributed by atoms with Crippen LogP contribution in [0.25, 0.3) is 10.9 Å². The van der Waals surface area contributed by atoms with Crippen LogP contribution in [0.5, 0.6) is 0 Å². The topological polar surface area (TPSA) is 46.9 Å². The Bertz CT molecular complexity index is 1160. The summed E-state index contributed by atoms with van der Waals surface area (Å²) in [6.07, 6.45) is 24.4. The van der Waals surface area contributed by atoms with E-state index in [-0.39, 0.29) is 5.91 Å². The minimum absolute atomic E-state index is 0.117. The lowest BCUT2D eigenvalue weighted by atomic mass is 10.0. The molecule has 0 bridgehead atoms. The number of rotatable bonds is 22. The molecule has 0 saturated heterocycles. The standard InChI is InChI=1S/C35H51Cl2N3O/c1-2-3-4-5-6-7-8-9-10-11-12-13-14-15-16-17-18-21-26-38-35(41)34-31-22-19-20-23-33(31)40(39-34)28-29-24-25-30(36)27-32(29)37/h19-20,22-25,27H,2-18,21,26,28H2,1H3,(H,38,41). The molecule has 3 aromatic rings. The molecule has 1 aromatic heterocycles. The first-order valence-electron chi connectivity index (χ1n) is 16.3. The molecule has 226 valence electrons. The number of halogens is 2. The molecule has 6 heteroatoms. The maximum absolute atomic E-state index is 13.0. The maximum Gasteiger partial charge on any atom is 0.272 e. The van der Waals surface area contributed by atoms with E-state index in [4.69, 9.17) is 23.2 Å². The zero-order valence-corrected chi connectivity index (χ0v) is 26.8. The van der Waals surface area contributed by atoms with Crippen molar-refractivity contribution in [1.29, 1.82) is 0 Å². The lowest BCUT2D eigenvalue weighted by Gasteiger charge is -2.06. The first-order chi connectivity index (χ1) is 20.1. The van der Waals surface area contributed by atoms with Crippen LogP contribution in [0, 0.1) is 0 Å². The number of nitrogens with zero attached hydrogens (tertiary/aromatic N) is 2. The lowest BCUT2D eigenvalue weighted by Crippen LogP contribution is -2.25. The molecule has 3 rings (SSSR count). The quantitative estimate of drug-likeness (QED) is 0.117. The van der Waals surface area contributed by atoms with Crippen LogP contribution in [0.15, 0.2) is 42.5 Å². The first-order valence-corrected chi connectivity index (χ1v) is 17.0. The van der Waals surface area contributed by atoms with Gasteiger partial charge in [0.1, 0.15) is 0 Å². The van der Waals surface area contributed by atoms with Gasteiger partial charge in [0.2, 0.25) is 0 Å². The van der Waals surface area contributed by atoms with Gasteiger partial charge >= 0.3 is 0 Å². The van der Waals surface area contributed by atoms with E-state index < -0.39 is 0 Å². The lowest BCUT2D eigenvalue weighted by molar-refractivity contribution is 0.0948. The molecule has 2 aromatic carbocycles. The van der Waals surface area contributed by atoms with Gasteiger partial charge in [-0.1, -0.05) is 164 Å². The molecule has 1 heterocycles. The molecule has 0 aliphatic heterocycles. The summed E-state index contributed by atoms with van der Waals surface area (Å²) in [5.41, 5.74) is 2.29. The van der Waals surface area contributed by atoms with Gasteiger partial charge in [0.15, 0.2) is 5.69 Å². The number of carbonyl (C=O) groups is 1. The van der Waals surface area contributed by atoms with E-state index in [2.05, 4.69) is 17.3 Å². The van der Waals surface area contributed by atoms with Gasteiger partial charge < -0.3 is 5.32 Å². The minimum atomic E-state index is -0.117. The molecular weight excluding hydrogens is 549 g/mol. The van der Waals surface area contributed by atoms with E-state index >= 15 is 0 Å². The number of fused-ring (bicyclic) bond motifs is 1. The van der Waals surface area contributed by atoms with Crippen molar-refractivity contribution < 1.29 is 4.79 Å². The Morgan fingerprint density at radius 1 is 0.732 bits per heavy atom. The number of aromatic nitrogens is 2. The Kier molecular flexibility index (Phi) is 16.3. The smallest absolute Gasteiger partial charge is 0.272 e. The fourth-order valence-corrected chi connectivity index (χ4v) is 6.01. The number of para-hydroxylation sites is 1. The van der Waals surface area contributed by atoms with E-state index in [9.17, 15) is 4.79 Å². The van der Waals surface area contributed by atoms with Crippen LogP contribution >= 0.6 is 23.2 Å². The number of unbranched alkanes of at least 4 members (excludes halogenated alkanes) is 17. The van der Waals surface area contributed by atoms with E-state index in [0.29, 0.717) is 28.8 Å². The number of amides is 1. The molecular formula is C35H51Cl2N3O. The second-order valence-corrected chi connectivity index (χ2v) is 12.4. The summed E-state index contributed by atoms with van der Waals surface area (Å²) in [6.45, 7) is 3.44. The van der Waals surface area contributed by atoms with Gasteiger partial charge in [-0.2, -0.15) is 5.10 Å². The number of carbonyl (C=O) groups excluding carboxylic acids is 1. The second-order valence-electron chi connectivity index (χ2n) is 11.5. The van der Waals surface area contributed by atoms with Gasteiger partial charge in [-0.15, -0.1) is 0 Å². The average Bonchev–Trinajstić information content (AvgIpc) is 3.34. The molecule has 0 saturated carbocycles. The summed E-state index contributed by atoms with van der Waals surface area (Å²) >= 11 is 12.4. The highest BCUT2D eigenvalue weighted by Crippen LogP contribution is 2.25. The summed E-state index contributed by atoms with van der Waals surface area (Å²) in [5.74, 6) is -0.117. The molecule has 0 atom stereocenters. The van der Waals surface area contributed by atoms with Gasteiger partial charge in [-0.3, -0.25) is 9.48 Å². The summed E-state index contributed by atoms with van der Waals surface area (Å²) in [4.78, 5) is 13.0. The minimum Gasteiger partial charge on any atom is -0.351 e.